The number of likely N-dealkylation sites (N-methyl/N-ethyl adjacent to an activating group) is 1. The SMILES string of the molecule is CCN(CC)C(=O)CNCC1CCOCC1. The Morgan fingerprint density at radius 2 is 1.94 bits per heavy atom. The molecule has 1 heterocycles. The van der Waals surface area contributed by atoms with Gasteiger partial charge in [0.2, 0.25) is 5.91 Å². The first kappa shape index (κ1) is 13.5. The highest BCUT2D eigenvalue weighted by molar-refractivity contribution is 5.78. The average Bonchev–Trinajstić information content (AvgIpc) is 2.32. The van der Waals surface area contributed by atoms with Gasteiger partial charge in [-0.25, -0.2) is 0 Å². The smallest absolute Gasteiger partial charge is 0.236 e. The average molecular weight is 228 g/mol. The van der Waals surface area contributed by atoms with Crippen LogP contribution in [0.25, 0.3) is 0 Å². The Morgan fingerprint density at radius 3 is 2.50 bits per heavy atom. The fraction of sp³-hybridized carbons (Fsp3) is 0.917. The summed E-state index contributed by atoms with van der Waals surface area (Å²) in [6.45, 7) is 8.78. The highest BCUT2D eigenvalue weighted by Gasteiger charge is 2.14. The molecule has 1 saturated heterocycles. The summed E-state index contributed by atoms with van der Waals surface area (Å²) in [7, 11) is 0. The molecule has 0 aromatic rings. The maximum Gasteiger partial charge on any atom is 0.236 e. The fourth-order valence-electron chi connectivity index (χ4n) is 2.02. The molecule has 0 saturated carbocycles. The van der Waals surface area contributed by atoms with Gasteiger partial charge in [-0.15, -0.1) is 0 Å². The van der Waals surface area contributed by atoms with E-state index in [1.165, 1.54) is 0 Å². The van der Waals surface area contributed by atoms with Crippen molar-refractivity contribution in [3.8, 4) is 0 Å². The molecule has 1 rings (SSSR count). The predicted octanol–water partition coefficient (Wildman–Crippen LogP) is 0.871. The number of ether oxygens (including phenoxy) is 1. The molecule has 0 unspecified atom stereocenters. The molecule has 1 amide bonds. The molecular weight excluding hydrogens is 204 g/mol. The molecule has 1 N–H and O–H groups in total. The molecule has 16 heavy (non-hydrogen) atoms. The minimum Gasteiger partial charge on any atom is -0.381 e. The van der Waals surface area contributed by atoms with Crippen LogP contribution in [-0.4, -0.2) is 50.2 Å². The van der Waals surface area contributed by atoms with Crippen LogP contribution in [0.1, 0.15) is 26.7 Å². The highest BCUT2D eigenvalue weighted by Crippen LogP contribution is 2.12. The molecule has 1 aliphatic rings. The van der Waals surface area contributed by atoms with Crippen LogP contribution in [0.2, 0.25) is 0 Å². The van der Waals surface area contributed by atoms with E-state index in [0.29, 0.717) is 12.5 Å². The van der Waals surface area contributed by atoms with Crippen LogP contribution in [-0.2, 0) is 9.53 Å². The van der Waals surface area contributed by atoms with Crippen LogP contribution in [0.3, 0.4) is 0 Å². The highest BCUT2D eigenvalue weighted by atomic mass is 16.5. The van der Waals surface area contributed by atoms with E-state index in [2.05, 4.69) is 5.32 Å². The van der Waals surface area contributed by atoms with Crippen LogP contribution in [0, 0.1) is 5.92 Å². The van der Waals surface area contributed by atoms with Crippen molar-refractivity contribution in [2.24, 2.45) is 5.92 Å². The van der Waals surface area contributed by atoms with Crippen molar-refractivity contribution >= 4 is 5.91 Å². The molecule has 1 aliphatic heterocycles. The van der Waals surface area contributed by atoms with Crippen LogP contribution in [0.15, 0.2) is 0 Å². The Bertz CT molecular complexity index is 199. The van der Waals surface area contributed by atoms with Crippen LogP contribution in [0.5, 0.6) is 0 Å². The summed E-state index contributed by atoms with van der Waals surface area (Å²) in [6.07, 6.45) is 2.24. The van der Waals surface area contributed by atoms with Gasteiger partial charge in [0, 0.05) is 26.3 Å². The summed E-state index contributed by atoms with van der Waals surface area (Å²) in [5.41, 5.74) is 0. The lowest BCUT2D eigenvalue weighted by atomic mass is 10.0. The largest absolute Gasteiger partial charge is 0.381 e. The van der Waals surface area contributed by atoms with Crippen molar-refractivity contribution in [1.29, 1.82) is 0 Å². The zero-order chi connectivity index (χ0) is 11.8. The van der Waals surface area contributed by atoms with Crippen LogP contribution >= 0.6 is 0 Å². The first-order valence-electron chi connectivity index (χ1n) is 6.34. The number of amides is 1. The van der Waals surface area contributed by atoms with Crippen molar-refractivity contribution in [3.63, 3.8) is 0 Å². The lowest BCUT2D eigenvalue weighted by molar-refractivity contribution is -0.129. The summed E-state index contributed by atoms with van der Waals surface area (Å²) in [5.74, 6) is 0.885. The third-order valence-corrected chi connectivity index (χ3v) is 3.17. The molecule has 0 spiro atoms. The Hall–Kier alpha value is -0.610. The third kappa shape index (κ3) is 4.49. The second-order valence-corrected chi connectivity index (χ2v) is 4.25. The summed E-state index contributed by atoms with van der Waals surface area (Å²) < 4.78 is 5.30. The molecule has 4 heteroatoms. The first-order chi connectivity index (χ1) is 7.77. The fourth-order valence-corrected chi connectivity index (χ4v) is 2.02. The van der Waals surface area contributed by atoms with E-state index in [1.807, 2.05) is 18.7 Å². The summed E-state index contributed by atoms with van der Waals surface area (Å²) in [5, 5.41) is 3.26. The lowest BCUT2D eigenvalue weighted by Gasteiger charge is -2.23. The van der Waals surface area contributed by atoms with Gasteiger partial charge < -0.3 is 15.0 Å². The summed E-state index contributed by atoms with van der Waals surface area (Å²) in [4.78, 5) is 13.5. The molecule has 0 aromatic carbocycles. The molecule has 4 nitrogen and oxygen atoms in total. The minimum atomic E-state index is 0.206. The zero-order valence-electron chi connectivity index (χ0n) is 10.5. The van der Waals surface area contributed by atoms with Crippen molar-refractivity contribution in [3.05, 3.63) is 0 Å². The van der Waals surface area contributed by atoms with E-state index in [9.17, 15) is 4.79 Å². The van der Waals surface area contributed by atoms with E-state index in [0.717, 1.165) is 45.7 Å². The van der Waals surface area contributed by atoms with Gasteiger partial charge >= 0.3 is 0 Å². The minimum absolute atomic E-state index is 0.206. The maximum absolute atomic E-state index is 11.7. The van der Waals surface area contributed by atoms with Crippen LogP contribution < -0.4 is 5.32 Å². The second-order valence-electron chi connectivity index (χ2n) is 4.25. The zero-order valence-corrected chi connectivity index (χ0v) is 10.5. The van der Waals surface area contributed by atoms with Gasteiger partial charge in [-0.05, 0) is 39.2 Å². The van der Waals surface area contributed by atoms with E-state index >= 15 is 0 Å². The number of nitrogens with zero attached hydrogens (tertiary/aromatic N) is 1. The van der Waals surface area contributed by atoms with E-state index in [1.54, 1.807) is 0 Å². The predicted molar refractivity (Wildman–Crippen MR) is 64.3 cm³/mol. The number of hydrogen-bond donors (Lipinski definition) is 1. The molecule has 1 fully saturated rings. The van der Waals surface area contributed by atoms with Gasteiger partial charge in [-0.1, -0.05) is 0 Å². The van der Waals surface area contributed by atoms with Gasteiger partial charge in [0.05, 0.1) is 6.54 Å². The molecular formula is C12H24N2O2. The molecule has 0 aliphatic carbocycles. The van der Waals surface area contributed by atoms with Crippen LogP contribution in [0.4, 0.5) is 0 Å². The normalized spacial score (nSPS) is 17.4. The summed E-state index contributed by atoms with van der Waals surface area (Å²) in [6, 6.07) is 0. The van der Waals surface area contributed by atoms with E-state index < -0.39 is 0 Å². The second kappa shape index (κ2) is 7.63. The Kier molecular flexibility index (Phi) is 6.42. The number of carbonyl (C=O) groups excluding carboxylic acids is 1. The van der Waals surface area contributed by atoms with Crippen molar-refractivity contribution in [1.82, 2.24) is 10.2 Å². The monoisotopic (exact) mass is 228 g/mol. The van der Waals surface area contributed by atoms with E-state index in [4.69, 9.17) is 4.74 Å². The number of carbonyl (C=O) groups is 1. The van der Waals surface area contributed by atoms with Gasteiger partial charge in [-0.2, -0.15) is 0 Å². The third-order valence-electron chi connectivity index (χ3n) is 3.17. The lowest BCUT2D eigenvalue weighted by Crippen LogP contribution is -2.39. The quantitative estimate of drug-likeness (QED) is 0.733. The molecule has 0 atom stereocenters. The Balaban J connectivity index is 2.11. The molecule has 0 radical (unpaired) electrons. The van der Waals surface area contributed by atoms with Crippen molar-refractivity contribution in [2.75, 3.05) is 39.4 Å². The standard InChI is InChI=1S/C12H24N2O2/c1-3-14(4-2)12(15)10-13-9-11-5-7-16-8-6-11/h11,13H,3-10H2,1-2H3. The van der Waals surface area contributed by atoms with Gasteiger partial charge in [0.25, 0.3) is 0 Å². The number of nitrogens with one attached hydrogen (secondary N) is 1. The van der Waals surface area contributed by atoms with Gasteiger partial charge in [0.15, 0.2) is 0 Å². The topological polar surface area (TPSA) is 41.6 Å². The number of rotatable bonds is 6. The van der Waals surface area contributed by atoms with Gasteiger partial charge in [0.1, 0.15) is 0 Å². The molecule has 0 bridgehead atoms. The van der Waals surface area contributed by atoms with Crippen molar-refractivity contribution in [2.45, 2.75) is 26.7 Å². The van der Waals surface area contributed by atoms with Crippen molar-refractivity contribution < 1.29 is 9.53 Å². The van der Waals surface area contributed by atoms with Gasteiger partial charge in [-0.3, -0.25) is 4.79 Å². The Morgan fingerprint density at radius 1 is 1.31 bits per heavy atom. The maximum atomic E-state index is 11.7. The summed E-state index contributed by atoms with van der Waals surface area (Å²) >= 11 is 0. The number of hydrogen-bond acceptors (Lipinski definition) is 3. The molecule has 94 valence electrons. The molecule has 0 aromatic heterocycles. The Labute approximate surface area is 98.3 Å². The van der Waals surface area contributed by atoms with E-state index in [-0.39, 0.29) is 5.91 Å². The first-order valence-corrected chi connectivity index (χ1v) is 6.34.